The molecule has 0 fully saturated rings. The molecule has 21 heavy (non-hydrogen) atoms. The highest BCUT2D eigenvalue weighted by Gasteiger charge is 2.20. The van der Waals surface area contributed by atoms with Crippen molar-refractivity contribution >= 4 is 33.6 Å². The van der Waals surface area contributed by atoms with Crippen LogP contribution in [0.15, 0.2) is 23.6 Å². The van der Waals surface area contributed by atoms with Crippen LogP contribution < -0.4 is 5.43 Å². The first kappa shape index (κ1) is 13.0. The minimum Gasteiger partial charge on any atom is -0.261 e. The van der Waals surface area contributed by atoms with E-state index in [9.17, 15) is 0 Å². The zero-order valence-electron chi connectivity index (χ0n) is 11.9. The number of hydrogen-bond donors (Lipinski definition) is 1. The van der Waals surface area contributed by atoms with Crippen LogP contribution in [0, 0.1) is 5.92 Å². The maximum Gasteiger partial charge on any atom is 0.158 e. The average Bonchev–Trinajstić information content (AvgIpc) is 3.09. The van der Waals surface area contributed by atoms with Gasteiger partial charge >= 0.3 is 0 Å². The Morgan fingerprint density at radius 3 is 3.19 bits per heavy atom. The van der Waals surface area contributed by atoms with Crippen LogP contribution in [-0.4, -0.2) is 16.2 Å². The Labute approximate surface area is 128 Å². The number of aromatic nitrogens is 2. The van der Waals surface area contributed by atoms with E-state index in [1.165, 1.54) is 35.1 Å². The fraction of sp³-hybridized carbons (Fsp3) is 0.438. The summed E-state index contributed by atoms with van der Waals surface area (Å²) in [4.78, 5) is 11.4. The van der Waals surface area contributed by atoms with Crippen LogP contribution in [0.3, 0.4) is 0 Å². The minimum absolute atomic E-state index is 0.549. The van der Waals surface area contributed by atoms with Crippen molar-refractivity contribution < 1.29 is 0 Å². The summed E-state index contributed by atoms with van der Waals surface area (Å²) in [5, 5.41) is 5.62. The average molecular weight is 298 g/mol. The number of nitrogens with zero attached hydrogens (tertiary/aromatic N) is 3. The molecule has 1 atom stereocenters. The Morgan fingerprint density at radius 2 is 2.29 bits per heavy atom. The van der Waals surface area contributed by atoms with Crippen molar-refractivity contribution in [2.24, 2.45) is 11.0 Å². The van der Waals surface area contributed by atoms with E-state index in [2.05, 4.69) is 32.6 Å². The molecule has 1 N–H and O–H groups in total. The summed E-state index contributed by atoms with van der Waals surface area (Å²) >= 11 is 1.81. The van der Waals surface area contributed by atoms with Crippen LogP contribution in [0.2, 0.25) is 0 Å². The second-order valence-electron chi connectivity index (χ2n) is 5.69. The third-order valence-corrected chi connectivity index (χ3v) is 5.47. The van der Waals surface area contributed by atoms with Crippen LogP contribution in [0.5, 0.6) is 0 Å². The van der Waals surface area contributed by atoms with Gasteiger partial charge in [-0.1, -0.05) is 12.2 Å². The Balaban J connectivity index is 1.58. The van der Waals surface area contributed by atoms with Gasteiger partial charge in [0.15, 0.2) is 5.82 Å². The van der Waals surface area contributed by atoms with Crippen molar-refractivity contribution in [1.29, 1.82) is 0 Å². The SMILES string of the molecule is C1=CC[C@@H](/C=N\Nc2ncnc3sc4c(c23)CCC4)CC1. The first-order valence-electron chi connectivity index (χ1n) is 7.61. The quantitative estimate of drug-likeness (QED) is 0.530. The molecule has 2 aliphatic carbocycles. The van der Waals surface area contributed by atoms with Crippen molar-refractivity contribution in [3.05, 3.63) is 28.9 Å². The van der Waals surface area contributed by atoms with Crippen molar-refractivity contribution in [2.75, 3.05) is 5.43 Å². The molecule has 2 aromatic heterocycles. The third kappa shape index (κ3) is 2.46. The van der Waals surface area contributed by atoms with Gasteiger partial charge in [0.2, 0.25) is 0 Å². The number of fused-ring (bicyclic) bond motifs is 3. The maximum absolute atomic E-state index is 4.43. The van der Waals surface area contributed by atoms with E-state index in [1.54, 1.807) is 6.33 Å². The summed E-state index contributed by atoms with van der Waals surface area (Å²) in [5.41, 5.74) is 4.59. The van der Waals surface area contributed by atoms with Gasteiger partial charge in [-0.2, -0.15) is 5.10 Å². The molecule has 0 bridgehead atoms. The first-order chi connectivity index (χ1) is 10.4. The Kier molecular flexibility index (Phi) is 3.43. The van der Waals surface area contributed by atoms with Crippen LogP contribution >= 0.6 is 11.3 Å². The first-order valence-corrected chi connectivity index (χ1v) is 8.43. The summed E-state index contributed by atoms with van der Waals surface area (Å²) in [7, 11) is 0. The second-order valence-corrected chi connectivity index (χ2v) is 6.78. The monoisotopic (exact) mass is 298 g/mol. The molecule has 2 heterocycles. The molecule has 0 spiro atoms. The molecule has 0 unspecified atom stereocenters. The molecule has 0 saturated carbocycles. The number of hydrogen-bond acceptors (Lipinski definition) is 5. The van der Waals surface area contributed by atoms with Crippen LogP contribution in [0.1, 0.15) is 36.1 Å². The van der Waals surface area contributed by atoms with E-state index in [0.29, 0.717) is 5.92 Å². The maximum atomic E-state index is 4.43. The largest absolute Gasteiger partial charge is 0.261 e. The van der Waals surface area contributed by atoms with Gasteiger partial charge in [0, 0.05) is 11.1 Å². The number of allylic oxidation sites excluding steroid dienone is 2. The predicted octanol–water partition coefficient (Wildman–Crippen LogP) is 3.93. The van der Waals surface area contributed by atoms with Gasteiger partial charge < -0.3 is 0 Å². The molecule has 4 nitrogen and oxygen atoms in total. The fourth-order valence-corrected chi connectivity index (χ4v) is 4.40. The molecule has 0 saturated heterocycles. The van der Waals surface area contributed by atoms with Crippen molar-refractivity contribution in [2.45, 2.75) is 38.5 Å². The minimum atomic E-state index is 0.549. The molecule has 0 aliphatic heterocycles. The predicted molar refractivity (Wildman–Crippen MR) is 88.0 cm³/mol. The molecular formula is C16H18N4S. The number of anilines is 1. The molecule has 2 aromatic rings. The van der Waals surface area contributed by atoms with Crippen LogP contribution in [0.25, 0.3) is 10.2 Å². The van der Waals surface area contributed by atoms with Gasteiger partial charge in [-0.25, -0.2) is 9.97 Å². The van der Waals surface area contributed by atoms with E-state index >= 15 is 0 Å². The van der Waals surface area contributed by atoms with E-state index < -0.39 is 0 Å². The summed E-state index contributed by atoms with van der Waals surface area (Å²) in [6.07, 6.45) is 15.2. The van der Waals surface area contributed by atoms with Crippen molar-refractivity contribution in [1.82, 2.24) is 9.97 Å². The highest BCUT2D eigenvalue weighted by atomic mass is 32.1. The summed E-state index contributed by atoms with van der Waals surface area (Å²) in [6, 6.07) is 0. The molecule has 0 amide bonds. The van der Waals surface area contributed by atoms with Gasteiger partial charge in [-0.15, -0.1) is 11.3 Å². The highest BCUT2D eigenvalue weighted by molar-refractivity contribution is 7.19. The van der Waals surface area contributed by atoms with E-state index in [1.807, 2.05) is 17.6 Å². The zero-order valence-corrected chi connectivity index (χ0v) is 12.7. The van der Waals surface area contributed by atoms with Gasteiger partial charge in [-0.05, 0) is 50.0 Å². The smallest absolute Gasteiger partial charge is 0.158 e. The highest BCUT2D eigenvalue weighted by Crippen LogP contribution is 2.38. The molecule has 0 aromatic carbocycles. The number of nitrogens with one attached hydrogen (secondary N) is 1. The number of aryl methyl sites for hydroxylation is 2. The molecular weight excluding hydrogens is 280 g/mol. The molecule has 108 valence electrons. The summed E-state index contributed by atoms with van der Waals surface area (Å²) in [5.74, 6) is 1.41. The van der Waals surface area contributed by atoms with Gasteiger partial charge in [-0.3, -0.25) is 5.43 Å². The molecule has 5 heteroatoms. The Hall–Kier alpha value is -1.75. The topological polar surface area (TPSA) is 50.2 Å². The number of thiophene rings is 1. The summed E-state index contributed by atoms with van der Waals surface area (Å²) in [6.45, 7) is 0. The van der Waals surface area contributed by atoms with E-state index in [4.69, 9.17) is 0 Å². The standard InChI is InChI=1S/C16H18N4S/c1-2-5-11(6-3-1)9-19-20-15-14-12-7-4-8-13(12)21-16(14)18-10-17-15/h1-2,9-11H,3-8H2,(H,17,18,20)/b19-9-/t11-/m1/s1. The number of hydrazone groups is 1. The summed E-state index contributed by atoms with van der Waals surface area (Å²) < 4.78 is 0. The van der Waals surface area contributed by atoms with Gasteiger partial charge in [0.05, 0.1) is 5.39 Å². The lowest BCUT2D eigenvalue weighted by Gasteiger charge is -2.12. The van der Waals surface area contributed by atoms with Crippen molar-refractivity contribution in [3.63, 3.8) is 0 Å². The Bertz CT molecular complexity index is 716. The van der Waals surface area contributed by atoms with E-state index in [-0.39, 0.29) is 0 Å². The lowest BCUT2D eigenvalue weighted by atomic mass is 9.96. The number of rotatable bonds is 3. The van der Waals surface area contributed by atoms with Gasteiger partial charge in [0.25, 0.3) is 0 Å². The molecule has 0 radical (unpaired) electrons. The zero-order chi connectivity index (χ0) is 14.1. The normalized spacial score (nSPS) is 21.2. The second kappa shape index (κ2) is 5.56. The Morgan fingerprint density at radius 1 is 1.29 bits per heavy atom. The molecule has 4 rings (SSSR count). The molecule has 2 aliphatic rings. The van der Waals surface area contributed by atoms with Crippen molar-refractivity contribution in [3.8, 4) is 0 Å². The lowest BCUT2D eigenvalue weighted by Crippen LogP contribution is -2.05. The lowest BCUT2D eigenvalue weighted by molar-refractivity contribution is 0.627. The van der Waals surface area contributed by atoms with Gasteiger partial charge in [0.1, 0.15) is 11.2 Å². The fourth-order valence-electron chi connectivity index (χ4n) is 3.17. The van der Waals surface area contributed by atoms with E-state index in [0.717, 1.165) is 29.9 Å². The van der Waals surface area contributed by atoms with Crippen LogP contribution in [0.4, 0.5) is 5.82 Å². The third-order valence-electron chi connectivity index (χ3n) is 4.27. The van der Waals surface area contributed by atoms with Crippen LogP contribution in [-0.2, 0) is 12.8 Å².